The monoisotopic (exact) mass is 488 g/mol. The summed E-state index contributed by atoms with van der Waals surface area (Å²) in [5.74, 6) is -1.49. The van der Waals surface area contributed by atoms with Crippen molar-refractivity contribution in [3.63, 3.8) is 0 Å². The first-order valence-electron chi connectivity index (χ1n) is 12.3. The molecule has 178 valence electrons. The third kappa shape index (κ3) is 40.0. The van der Waals surface area contributed by atoms with Crippen molar-refractivity contribution in [2.75, 3.05) is 0 Å². The Balaban J connectivity index is -0.000000490. The van der Waals surface area contributed by atoms with E-state index in [4.69, 9.17) is 10.2 Å². The molecule has 0 aliphatic rings. The molecule has 0 fully saturated rings. The zero-order valence-corrected chi connectivity index (χ0v) is 23.4. The second-order valence-corrected chi connectivity index (χ2v) is 7.96. The van der Waals surface area contributed by atoms with Gasteiger partial charge in [0.2, 0.25) is 0 Å². The van der Waals surface area contributed by atoms with Crippen LogP contribution in [-0.4, -0.2) is 22.2 Å². The van der Waals surface area contributed by atoms with Crippen molar-refractivity contribution in [1.82, 2.24) is 0 Å². The summed E-state index contributed by atoms with van der Waals surface area (Å²) in [5, 5.41) is 16.8. The number of carboxylic acids is 2. The largest absolute Gasteiger partial charge is 0.481 e. The van der Waals surface area contributed by atoms with Crippen LogP contribution < -0.4 is 0 Å². The quantitative estimate of drug-likeness (QED) is 0.102. The first kappa shape index (κ1) is 34.7. The van der Waals surface area contributed by atoms with Gasteiger partial charge in [0.25, 0.3) is 0 Å². The van der Waals surface area contributed by atoms with Crippen LogP contribution in [-0.2, 0) is 29.1 Å². The van der Waals surface area contributed by atoms with Gasteiger partial charge in [0.1, 0.15) is 0 Å². The maximum Gasteiger partial charge on any atom is 0.307 e. The third-order valence-electron chi connectivity index (χ3n) is 4.87. The van der Waals surface area contributed by atoms with E-state index in [1.54, 1.807) is 12.2 Å². The first-order chi connectivity index (χ1) is 14.5. The van der Waals surface area contributed by atoms with Gasteiger partial charge in [0.05, 0.1) is 12.8 Å². The van der Waals surface area contributed by atoms with Crippen molar-refractivity contribution in [3.05, 3.63) is 24.3 Å². The molecule has 0 amide bonds. The van der Waals surface area contributed by atoms with Gasteiger partial charge in [-0.2, -0.15) is 0 Å². The number of carboxylic acid groups (broad SMARTS) is 2. The fourth-order valence-corrected chi connectivity index (χ4v) is 3.04. The molecular weight excluding hydrogens is 442 g/mol. The molecule has 0 bridgehead atoms. The molecule has 0 atom stereocenters. The van der Waals surface area contributed by atoms with Gasteiger partial charge in [-0.1, -0.05) is 115 Å². The molecule has 0 aromatic rings. The van der Waals surface area contributed by atoms with Crippen LogP contribution in [0.25, 0.3) is 0 Å². The summed E-state index contributed by atoms with van der Waals surface area (Å²) >= 11 is 0. The minimum absolute atomic E-state index is 0. The van der Waals surface area contributed by atoms with Crippen LogP contribution in [0.1, 0.15) is 129 Å². The van der Waals surface area contributed by atoms with Crippen molar-refractivity contribution < 1.29 is 39.3 Å². The minimum Gasteiger partial charge on any atom is -0.481 e. The van der Waals surface area contributed by atoms with Gasteiger partial charge in [-0.15, -0.1) is 0 Å². The Labute approximate surface area is 204 Å². The molecule has 0 saturated heterocycles. The molecule has 4 nitrogen and oxygen atoms in total. The van der Waals surface area contributed by atoms with Crippen LogP contribution in [0.5, 0.6) is 0 Å². The Morgan fingerprint density at radius 3 is 1.10 bits per heavy atom. The average Bonchev–Trinajstić information content (AvgIpc) is 2.71. The normalized spacial score (nSPS) is 10.6. The van der Waals surface area contributed by atoms with Gasteiger partial charge >= 0.3 is 11.9 Å². The van der Waals surface area contributed by atoms with Crippen LogP contribution in [0.3, 0.4) is 0 Å². The zero-order chi connectivity index (χ0) is 22.7. The van der Waals surface area contributed by atoms with Gasteiger partial charge in [-0.25, -0.2) is 0 Å². The van der Waals surface area contributed by atoms with Crippen LogP contribution in [0.2, 0.25) is 0 Å². The van der Waals surface area contributed by atoms with E-state index in [1.165, 1.54) is 89.9 Å². The zero-order valence-electron chi connectivity index (χ0n) is 20.5. The van der Waals surface area contributed by atoms with Crippen molar-refractivity contribution >= 4 is 11.9 Å². The number of unbranched alkanes of at least 4 members (excludes halogenated alkanes) is 14. The number of hydrogen-bond acceptors (Lipinski definition) is 2. The smallest absolute Gasteiger partial charge is 0.307 e. The van der Waals surface area contributed by atoms with Gasteiger partial charge in [-0.05, 0) is 25.7 Å². The van der Waals surface area contributed by atoms with E-state index in [0.29, 0.717) is 0 Å². The molecule has 0 spiro atoms. The molecule has 0 heterocycles. The van der Waals surface area contributed by atoms with E-state index in [0.717, 1.165) is 12.8 Å². The summed E-state index contributed by atoms with van der Waals surface area (Å²) in [6.45, 7) is 4.46. The summed E-state index contributed by atoms with van der Waals surface area (Å²) in [4.78, 5) is 20.4. The van der Waals surface area contributed by atoms with Gasteiger partial charge in [-0.3, -0.25) is 9.59 Å². The van der Waals surface area contributed by atoms with Gasteiger partial charge in [0, 0.05) is 19.5 Å². The number of carbonyl (C=O) groups is 2. The average molecular weight is 490 g/mol. The number of aliphatic carboxylic acids is 2. The standard InChI is InChI=1S/2C13H24O2.Zn/c2*1-2-3-4-5-6-7-8-9-10-11-12-13(14)15;/h2*10-11H,2-9,12H2,1H3,(H,14,15);. The van der Waals surface area contributed by atoms with E-state index < -0.39 is 11.9 Å². The minimum atomic E-state index is -0.745. The molecule has 0 rings (SSSR count). The maximum absolute atomic E-state index is 10.2. The van der Waals surface area contributed by atoms with Crippen LogP contribution in [0, 0.1) is 0 Å². The molecule has 0 radical (unpaired) electrons. The third-order valence-corrected chi connectivity index (χ3v) is 4.87. The Kier molecular flexibility index (Phi) is 34.9. The van der Waals surface area contributed by atoms with Crippen LogP contribution in [0.15, 0.2) is 24.3 Å². The molecule has 0 aliphatic carbocycles. The molecule has 0 aliphatic heterocycles. The molecule has 0 saturated carbocycles. The topological polar surface area (TPSA) is 74.6 Å². The van der Waals surface area contributed by atoms with E-state index in [1.807, 2.05) is 12.2 Å². The van der Waals surface area contributed by atoms with Crippen LogP contribution >= 0.6 is 0 Å². The van der Waals surface area contributed by atoms with E-state index >= 15 is 0 Å². The molecule has 5 heteroatoms. The Bertz CT molecular complexity index is 393. The second-order valence-electron chi connectivity index (χ2n) is 7.96. The van der Waals surface area contributed by atoms with E-state index in [9.17, 15) is 9.59 Å². The predicted octanol–water partition coefficient (Wildman–Crippen LogP) is 8.31. The molecule has 2 N–H and O–H groups in total. The molecule has 0 aromatic heterocycles. The van der Waals surface area contributed by atoms with Crippen molar-refractivity contribution in [1.29, 1.82) is 0 Å². The fourth-order valence-electron chi connectivity index (χ4n) is 3.04. The van der Waals surface area contributed by atoms with Gasteiger partial charge in [0.15, 0.2) is 0 Å². The Morgan fingerprint density at radius 2 is 0.806 bits per heavy atom. The molecule has 0 aromatic carbocycles. The maximum atomic E-state index is 10.2. The van der Waals surface area contributed by atoms with Crippen molar-refractivity contribution in [3.8, 4) is 0 Å². The summed E-state index contributed by atoms with van der Waals surface area (Å²) in [5.41, 5.74) is 0. The molecule has 31 heavy (non-hydrogen) atoms. The SMILES string of the molecule is CCCCCCCCCC=CCC(=O)O.CCCCCCCCCC=CCC(=O)O.[Zn]. The summed E-state index contributed by atoms with van der Waals surface area (Å²) in [7, 11) is 0. The summed E-state index contributed by atoms with van der Waals surface area (Å²) in [6.07, 6.45) is 28.2. The van der Waals surface area contributed by atoms with Crippen LogP contribution in [0.4, 0.5) is 0 Å². The Hall–Kier alpha value is -0.957. The number of allylic oxidation sites excluding steroid dienone is 2. The number of hydrogen-bond donors (Lipinski definition) is 2. The van der Waals surface area contributed by atoms with Gasteiger partial charge < -0.3 is 10.2 Å². The van der Waals surface area contributed by atoms with Crippen molar-refractivity contribution in [2.45, 2.75) is 129 Å². The molecule has 0 unspecified atom stereocenters. The van der Waals surface area contributed by atoms with E-state index in [-0.39, 0.29) is 32.3 Å². The first-order valence-corrected chi connectivity index (χ1v) is 12.3. The van der Waals surface area contributed by atoms with Crippen molar-refractivity contribution in [2.24, 2.45) is 0 Å². The fraction of sp³-hybridized carbons (Fsp3) is 0.769. The number of rotatable bonds is 20. The van der Waals surface area contributed by atoms with E-state index in [2.05, 4.69) is 13.8 Å². The Morgan fingerprint density at radius 1 is 0.516 bits per heavy atom. The summed E-state index contributed by atoms with van der Waals surface area (Å²) < 4.78 is 0. The second kappa shape index (κ2) is 31.2. The summed E-state index contributed by atoms with van der Waals surface area (Å²) in [6, 6.07) is 0. The molecular formula is C26H48O4Zn. The predicted molar refractivity (Wildman–Crippen MR) is 128 cm³/mol.